The van der Waals surface area contributed by atoms with E-state index in [1.54, 1.807) is 24.3 Å². The van der Waals surface area contributed by atoms with Crippen LogP contribution in [0.4, 0.5) is 0 Å². The summed E-state index contributed by atoms with van der Waals surface area (Å²) in [6.45, 7) is 1.58. The first kappa shape index (κ1) is 19.4. The number of benzene rings is 1. The molecule has 1 heterocycles. The molecule has 0 aromatic heterocycles. The van der Waals surface area contributed by atoms with Gasteiger partial charge in [0.15, 0.2) is 0 Å². The largest absolute Gasteiger partial charge is 0.356 e. The van der Waals surface area contributed by atoms with Gasteiger partial charge in [-0.05, 0) is 43.7 Å². The van der Waals surface area contributed by atoms with Crippen LogP contribution >= 0.6 is 0 Å². The number of nitrogens with one attached hydrogen (secondary N) is 1. The Morgan fingerprint density at radius 2 is 1.69 bits per heavy atom. The number of rotatable bonds is 7. The molecule has 1 aromatic rings. The fourth-order valence-electron chi connectivity index (χ4n) is 4.15. The van der Waals surface area contributed by atoms with E-state index in [4.69, 9.17) is 0 Å². The van der Waals surface area contributed by atoms with E-state index in [0.29, 0.717) is 30.8 Å². The van der Waals surface area contributed by atoms with Crippen LogP contribution in [0.3, 0.4) is 0 Å². The van der Waals surface area contributed by atoms with E-state index in [0.717, 1.165) is 18.9 Å². The minimum atomic E-state index is -3.44. The van der Waals surface area contributed by atoms with Crippen LogP contribution < -0.4 is 5.32 Å². The molecule has 0 unspecified atom stereocenters. The van der Waals surface area contributed by atoms with Crippen molar-refractivity contribution in [3.05, 3.63) is 30.3 Å². The minimum absolute atomic E-state index is 0.0660. The van der Waals surface area contributed by atoms with E-state index in [-0.39, 0.29) is 11.8 Å². The van der Waals surface area contributed by atoms with Crippen molar-refractivity contribution in [3.63, 3.8) is 0 Å². The monoisotopic (exact) mass is 378 g/mol. The summed E-state index contributed by atoms with van der Waals surface area (Å²) in [5.41, 5.74) is 0. The summed E-state index contributed by atoms with van der Waals surface area (Å²) in [6.07, 6.45) is 8.89. The molecule has 2 aliphatic rings. The molecule has 1 aliphatic carbocycles. The second-order valence-electron chi connectivity index (χ2n) is 7.58. The minimum Gasteiger partial charge on any atom is -0.356 e. The Morgan fingerprint density at radius 3 is 2.35 bits per heavy atom. The number of hydrogen-bond acceptors (Lipinski definition) is 3. The molecule has 0 radical (unpaired) electrons. The summed E-state index contributed by atoms with van der Waals surface area (Å²) in [6, 6.07) is 8.52. The van der Waals surface area contributed by atoms with Crippen LogP contribution in [-0.4, -0.2) is 38.3 Å². The lowest BCUT2D eigenvalue weighted by Gasteiger charge is -2.30. The normalized spacial score (nSPS) is 20.3. The van der Waals surface area contributed by atoms with Crippen molar-refractivity contribution in [1.29, 1.82) is 0 Å². The van der Waals surface area contributed by atoms with E-state index >= 15 is 0 Å². The molecule has 1 saturated carbocycles. The van der Waals surface area contributed by atoms with Crippen LogP contribution in [0.15, 0.2) is 35.2 Å². The number of sulfonamides is 1. The number of carbonyl (C=O) groups excluding carboxylic acids is 1. The maximum Gasteiger partial charge on any atom is 0.243 e. The summed E-state index contributed by atoms with van der Waals surface area (Å²) in [5, 5.41) is 3.05. The molecule has 5 nitrogen and oxygen atoms in total. The van der Waals surface area contributed by atoms with Crippen molar-refractivity contribution >= 4 is 15.9 Å². The van der Waals surface area contributed by atoms with Crippen molar-refractivity contribution in [3.8, 4) is 0 Å². The standard InChI is InChI=1S/C20H30N2O3S/c23-20(21-14-6-9-17-7-4-5-8-17)18-12-15-22(16-13-18)26(24,25)19-10-2-1-3-11-19/h1-3,10-11,17-18H,4-9,12-16H2,(H,21,23). The predicted molar refractivity (Wildman–Crippen MR) is 102 cm³/mol. The van der Waals surface area contributed by atoms with Gasteiger partial charge in [-0.25, -0.2) is 8.42 Å². The molecular formula is C20H30N2O3S. The van der Waals surface area contributed by atoms with Gasteiger partial charge < -0.3 is 5.32 Å². The first-order valence-electron chi connectivity index (χ1n) is 9.90. The van der Waals surface area contributed by atoms with E-state index in [1.807, 2.05) is 6.07 Å². The van der Waals surface area contributed by atoms with Crippen LogP contribution in [0.25, 0.3) is 0 Å². The van der Waals surface area contributed by atoms with Crippen LogP contribution in [0.5, 0.6) is 0 Å². The quantitative estimate of drug-likeness (QED) is 0.741. The van der Waals surface area contributed by atoms with Gasteiger partial charge in [0.1, 0.15) is 0 Å². The molecule has 1 aliphatic heterocycles. The highest BCUT2D eigenvalue weighted by molar-refractivity contribution is 7.89. The van der Waals surface area contributed by atoms with Crippen molar-refractivity contribution < 1.29 is 13.2 Å². The molecule has 0 spiro atoms. The van der Waals surface area contributed by atoms with Gasteiger partial charge in [0.25, 0.3) is 0 Å². The highest BCUT2D eigenvalue weighted by Gasteiger charge is 2.31. The molecule has 1 aromatic carbocycles. The zero-order valence-electron chi connectivity index (χ0n) is 15.4. The third-order valence-electron chi connectivity index (χ3n) is 5.77. The summed E-state index contributed by atoms with van der Waals surface area (Å²) < 4.78 is 26.8. The molecular weight excluding hydrogens is 348 g/mol. The maximum absolute atomic E-state index is 12.6. The molecule has 0 bridgehead atoms. The average Bonchev–Trinajstić information content (AvgIpc) is 3.19. The second-order valence-corrected chi connectivity index (χ2v) is 9.51. The SMILES string of the molecule is O=C(NCCCC1CCCC1)C1CCN(S(=O)(=O)c2ccccc2)CC1. The Hall–Kier alpha value is -1.40. The Labute approximate surface area is 157 Å². The number of nitrogens with zero attached hydrogens (tertiary/aromatic N) is 1. The molecule has 1 saturated heterocycles. The summed E-state index contributed by atoms with van der Waals surface area (Å²) in [5.74, 6) is 0.884. The average molecular weight is 379 g/mol. The van der Waals surface area contributed by atoms with Crippen molar-refractivity contribution in [2.75, 3.05) is 19.6 Å². The fraction of sp³-hybridized carbons (Fsp3) is 0.650. The van der Waals surface area contributed by atoms with E-state index in [2.05, 4.69) is 5.32 Å². The lowest BCUT2D eigenvalue weighted by molar-refractivity contribution is -0.126. The lowest BCUT2D eigenvalue weighted by atomic mass is 9.97. The molecule has 2 fully saturated rings. The first-order chi connectivity index (χ1) is 12.6. The van der Waals surface area contributed by atoms with E-state index in [1.165, 1.54) is 36.4 Å². The van der Waals surface area contributed by atoms with Gasteiger partial charge in [-0.2, -0.15) is 4.31 Å². The van der Waals surface area contributed by atoms with Gasteiger partial charge in [0.05, 0.1) is 4.90 Å². The molecule has 6 heteroatoms. The van der Waals surface area contributed by atoms with Gasteiger partial charge in [-0.1, -0.05) is 43.9 Å². The van der Waals surface area contributed by atoms with Crippen LogP contribution in [-0.2, 0) is 14.8 Å². The Balaban J connectivity index is 1.41. The topological polar surface area (TPSA) is 66.5 Å². The molecule has 1 N–H and O–H groups in total. The van der Waals surface area contributed by atoms with Gasteiger partial charge in [-0.15, -0.1) is 0 Å². The fourth-order valence-corrected chi connectivity index (χ4v) is 5.64. The number of carbonyl (C=O) groups is 1. The van der Waals surface area contributed by atoms with Crippen molar-refractivity contribution in [2.45, 2.75) is 56.3 Å². The highest BCUT2D eigenvalue weighted by Crippen LogP contribution is 2.28. The third-order valence-corrected chi connectivity index (χ3v) is 7.68. The molecule has 26 heavy (non-hydrogen) atoms. The van der Waals surface area contributed by atoms with Gasteiger partial charge >= 0.3 is 0 Å². The second kappa shape index (κ2) is 9.00. The first-order valence-corrected chi connectivity index (χ1v) is 11.3. The Morgan fingerprint density at radius 1 is 1.04 bits per heavy atom. The van der Waals surface area contributed by atoms with Crippen molar-refractivity contribution in [2.24, 2.45) is 11.8 Å². The summed E-state index contributed by atoms with van der Waals surface area (Å²) in [7, 11) is -3.44. The number of amides is 1. The summed E-state index contributed by atoms with van der Waals surface area (Å²) in [4.78, 5) is 12.7. The Bertz CT molecular complexity index is 676. The van der Waals surface area contributed by atoms with Crippen LogP contribution in [0, 0.1) is 11.8 Å². The van der Waals surface area contributed by atoms with Gasteiger partial charge in [0, 0.05) is 25.6 Å². The molecule has 144 valence electrons. The molecule has 0 atom stereocenters. The number of piperidine rings is 1. The van der Waals surface area contributed by atoms with Crippen molar-refractivity contribution in [1.82, 2.24) is 9.62 Å². The van der Waals surface area contributed by atoms with Crippen LogP contribution in [0.1, 0.15) is 51.4 Å². The van der Waals surface area contributed by atoms with E-state index in [9.17, 15) is 13.2 Å². The Kier molecular flexibility index (Phi) is 6.70. The van der Waals surface area contributed by atoms with Gasteiger partial charge in [-0.3, -0.25) is 4.79 Å². The zero-order chi connectivity index (χ0) is 18.4. The zero-order valence-corrected chi connectivity index (χ0v) is 16.2. The molecule has 3 rings (SSSR count). The molecule has 1 amide bonds. The number of hydrogen-bond donors (Lipinski definition) is 1. The third kappa shape index (κ3) is 4.86. The smallest absolute Gasteiger partial charge is 0.243 e. The highest BCUT2D eigenvalue weighted by atomic mass is 32.2. The van der Waals surface area contributed by atoms with Gasteiger partial charge in [0.2, 0.25) is 15.9 Å². The summed E-state index contributed by atoms with van der Waals surface area (Å²) >= 11 is 0. The predicted octanol–water partition coefficient (Wildman–Crippen LogP) is 3.17. The lowest BCUT2D eigenvalue weighted by Crippen LogP contribution is -2.43. The van der Waals surface area contributed by atoms with Crippen LogP contribution in [0.2, 0.25) is 0 Å². The van der Waals surface area contributed by atoms with E-state index < -0.39 is 10.0 Å². The maximum atomic E-state index is 12.6.